The van der Waals surface area contributed by atoms with Crippen LogP contribution in [0, 0.1) is 0 Å². The van der Waals surface area contributed by atoms with E-state index in [4.69, 9.17) is 0 Å². The second kappa shape index (κ2) is 12.5. The number of benzene rings is 5. The molecule has 5 aromatic rings. The minimum Gasteiger partial charge on any atom is -0.378 e. The molecule has 8 heteroatoms. The number of fused-ring (bicyclic) bond motifs is 2. The van der Waals surface area contributed by atoms with Gasteiger partial charge in [0.1, 0.15) is 6.54 Å². The number of nitrogens with zero attached hydrogens (tertiary/aromatic N) is 3. The molecule has 0 unspecified atom stereocenters. The van der Waals surface area contributed by atoms with Crippen molar-refractivity contribution >= 4 is 58.5 Å². The fourth-order valence-electron chi connectivity index (χ4n) is 5.87. The lowest BCUT2D eigenvalue weighted by Gasteiger charge is -2.38. The second-order valence-electron chi connectivity index (χ2n) is 11.3. The average Bonchev–Trinajstić information content (AvgIpc) is 3.36. The second-order valence-corrected chi connectivity index (χ2v) is 13.6. The van der Waals surface area contributed by atoms with Crippen LogP contribution in [0.2, 0.25) is 0 Å². The molecule has 2 amide bonds. The molecule has 0 saturated carbocycles. The summed E-state index contributed by atoms with van der Waals surface area (Å²) in [6.45, 7) is 0.0355. The molecule has 0 bridgehead atoms. The number of hydrogen-bond donors (Lipinski definition) is 1. The highest BCUT2D eigenvalue weighted by atomic mass is 32.2. The van der Waals surface area contributed by atoms with Crippen LogP contribution in [0.4, 0.5) is 17.1 Å². The van der Waals surface area contributed by atoms with Crippen LogP contribution in [0.15, 0.2) is 148 Å². The van der Waals surface area contributed by atoms with Crippen molar-refractivity contribution in [3.63, 3.8) is 0 Å². The molecule has 2 aliphatic heterocycles. The van der Waals surface area contributed by atoms with Gasteiger partial charge in [-0.3, -0.25) is 15.0 Å². The average molecular weight is 641 g/mol. The number of anilines is 3. The van der Waals surface area contributed by atoms with Crippen molar-refractivity contribution < 1.29 is 9.59 Å². The molecule has 0 radical (unpaired) electrons. The van der Waals surface area contributed by atoms with E-state index in [0.29, 0.717) is 4.91 Å². The van der Waals surface area contributed by atoms with Gasteiger partial charge in [0, 0.05) is 29.6 Å². The predicted molar refractivity (Wildman–Crippen MR) is 189 cm³/mol. The quantitative estimate of drug-likeness (QED) is 0.183. The SMILES string of the molecule is CN(C)c1ccc(/C=C2\SC(c3ccccc3)(c3ccccc3)N(NC(=O)CN3c4ccccc4Sc4ccccc43)C2=O)cc1. The van der Waals surface area contributed by atoms with E-state index in [-0.39, 0.29) is 18.4 Å². The van der Waals surface area contributed by atoms with Gasteiger partial charge in [0.15, 0.2) is 4.87 Å². The molecule has 5 aromatic carbocycles. The van der Waals surface area contributed by atoms with Crippen LogP contribution in [0.3, 0.4) is 0 Å². The molecule has 2 aliphatic rings. The molecule has 7 rings (SSSR count). The topological polar surface area (TPSA) is 55.9 Å². The standard InChI is InChI=1S/C38H32N4O2S2/c1-40(2)30-23-21-27(22-24-30)25-35-37(44)42(38(46-35,28-13-5-3-6-14-28)29-15-7-4-8-16-29)39-36(43)26-41-31-17-9-11-19-33(31)45-34-20-12-10-18-32(34)41/h3-25H,26H2,1-2H3,(H,39,43)/b35-25-. The Morgan fingerprint density at radius 2 is 1.26 bits per heavy atom. The minimum atomic E-state index is -1.03. The first-order valence-electron chi connectivity index (χ1n) is 15.0. The van der Waals surface area contributed by atoms with Gasteiger partial charge < -0.3 is 9.80 Å². The van der Waals surface area contributed by atoms with E-state index < -0.39 is 4.87 Å². The Hall–Kier alpha value is -4.92. The fourth-order valence-corrected chi connectivity index (χ4v) is 8.38. The number of carbonyl (C=O) groups excluding carboxylic acids is 2. The third-order valence-corrected chi connectivity index (χ3v) is 10.7. The third kappa shape index (κ3) is 5.44. The summed E-state index contributed by atoms with van der Waals surface area (Å²) in [7, 11) is 4.00. The molecule has 0 aliphatic carbocycles. The zero-order valence-corrected chi connectivity index (χ0v) is 27.1. The van der Waals surface area contributed by atoms with E-state index in [9.17, 15) is 9.59 Å². The first-order valence-corrected chi connectivity index (χ1v) is 16.6. The summed E-state index contributed by atoms with van der Waals surface area (Å²) in [6, 6.07) is 44.1. The van der Waals surface area contributed by atoms with Gasteiger partial charge in [0.05, 0.1) is 16.3 Å². The zero-order valence-electron chi connectivity index (χ0n) is 25.5. The molecular formula is C38H32N4O2S2. The number of thioether (sulfide) groups is 1. The Morgan fingerprint density at radius 3 is 1.80 bits per heavy atom. The van der Waals surface area contributed by atoms with E-state index >= 15 is 0 Å². The Bertz CT molecular complexity index is 1840. The largest absolute Gasteiger partial charge is 0.378 e. The van der Waals surface area contributed by atoms with Gasteiger partial charge in [-0.05, 0) is 59.2 Å². The molecule has 1 fully saturated rings. The van der Waals surface area contributed by atoms with E-state index in [1.165, 1.54) is 16.8 Å². The van der Waals surface area contributed by atoms with E-state index in [1.807, 2.05) is 151 Å². The molecule has 0 atom stereocenters. The van der Waals surface area contributed by atoms with E-state index in [1.54, 1.807) is 11.8 Å². The molecule has 0 aromatic heterocycles. The minimum absolute atomic E-state index is 0.0355. The van der Waals surface area contributed by atoms with Crippen LogP contribution < -0.4 is 15.2 Å². The number of hydrogen-bond acceptors (Lipinski definition) is 6. The first kappa shape index (κ1) is 29.8. The lowest BCUT2D eigenvalue weighted by atomic mass is 9.97. The summed E-state index contributed by atoms with van der Waals surface area (Å²) in [4.78, 5) is 34.4. The maximum atomic E-state index is 14.5. The highest BCUT2D eigenvalue weighted by Crippen LogP contribution is 2.55. The van der Waals surface area contributed by atoms with Crippen LogP contribution in [-0.2, 0) is 14.5 Å². The number of amides is 2. The van der Waals surface area contributed by atoms with Crippen LogP contribution in [-0.4, -0.2) is 37.5 Å². The molecular weight excluding hydrogens is 609 g/mol. The van der Waals surface area contributed by atoms with Crippen LogP contribution in [0.25, 0.3) is 6.08 Å². The summed E-state index contributed by atoms with van der Waals surface area (Å²) in [5.41, 5.74) is 8.76. The van der Waals surface area contributed by atoms with Crippen LogP contribution in [0.1, 0.15) is 16.7 Å². The molecule has 6 nitrogen and oxygen atoms in total. The number of hydrazine groups is 1. The molecule has 2 heterocycles. The monoisotopic (exact) mass is 640 g/mol. The summed E-state index contributed by atoms with van der Waals surface area (Å²) in [5, 5.41) is 1.53. The highest BCUT2D eigenvalue weighted by molar-refractivity contribution is 8.05. The fraction of sp³-hybridized carbons (Fsp3) is 0.105. The summed E-state index contributed by atoms with van der Waals surface area (Å²) in [5.74, 6) is -0.559. The maximum Gasteiger partial charge on any atom is 0.280 e. The predicted octanol–water partition coefficient (Wildman–Crippen LogP) is 7.90. The van der Waals surface area contributed by atoms with Crippen molar-refractivity contribution in [1.82, 2.24) is 10.4 Å². The molecule has 1 saturated heterocycles. The van der Waals surface area contributed by atoms with Crippen molar-refractivity contribution in [2.24, 2.45) is 0 Å². The van der Waals surface area contributed by atoms with Gasteiger partial charge >= 0.3 is 0 Å². The van der Waals surface area contributed by atoms with Crippen molar-refractivity contribution in [2.45, 2.75) is 14.7 Å². The van der Waals surface area contributed by atoms with Gasteiger partial charge in [0.25, 0.3) is 11.8 Å². The summed E-state index contributed by atoms with van der Waals surface area (Å²) < 4.78 is 0. The van der Waals surface area contributed by atoms with Gasteiger partial charge in [-0.25, -0.2) is 5.01 Å². The summed E-state index contributed by atoms with van der Waals surface area (Å²) in [6.07, 6.45) is 1.91. The van der Waals surface area contributed by atoms with Crippen LogP contribution >= 0.6 is 23.5 Å². The smallest absolute Gasteiger partial charge is 0.280 e. The third-order valence-electron chi connectivity index (χ3n) is 8.09. The lowest BCUT2D eigenvalue weighted by Crippen LogP contribution is -2.55. The van der Waals surface area contributed by atoms with Gasteiger partial charge in [-0.1, -0.05) is 121 Å². The number of nitrogens with one attached hydrogen (secondary N) is 1. The van der Waals surface area contributed by atoms with Crippen molar-refractivity contribution in [1.29, 1.82) is 0 Å². The van der Waals surface area contributed by atoms with Crippen molar-refractivity contribution in [2.75, 3.05) is 30.4 Å². The number of para-hydroxylation sites is 2. The molecule has 228 valence electrons. The Labute approximate surface area is 277 Å². The zero-order chi connectivity index (χ0) is 31.7. The molecule has 1 N–H and O–H groups in total. The highest BCUT2D eigenvalue weighted by Gasteiger charge is 2.53. The van der Waals surface area contributed by atoms with E-state index in [0.717, 1.165) is 43.5 Å². The molecule has 46 heavy (non-hydrogen) atoms. The number of carbonyl (C=O) groups is 2. The molecule has 0 spiro atoms. The van der Waals surface area contributed by atoms with Crippen molar-refractivity contribution in [3.05, 3.63) is 155 Å². The number of rotatable bonds is 7. The summed E-state index contributed by atoms with van der Waals surface area (Å²) >= 11 is 3.14. The first-order chi connectivity index (χ1) is 22.4. The van der Waals surface area contributed by atoms with Gasteiger partial charge in [0.2, 0.25) is 0 Å². The normalized spacial score (nSPS) is 15.8. The van der Waals surface area contributed by atoms with E-state index in [2.05, 4.69) is 17.6 Å². The van der Waals surface area contributed by atoms with Gasteiger partial charge in [-0.2, -0.15) is 0 Å². The lowest BCUT2D eigenvalue weighted by molar-refractivity contribution is -0.139. The van der Waals surface area contributed by atoms with Crippen molar-refractivity contribution in [3.8, 4) is 0 Å². The maximum absolute atomic E-state index is 14.5. The Morgan fingerprint density at radius 1 is 0.739 bits per heavy atom. The van der Waals surface area contributed by atoms with Crippen LogP contribution in [0.5, 0.6) is 0 Å². The Balaban J connectivity index is 1.29. The Kier molecular flexibility index (Phi) is 8.07. The van der Waals surface area contributed by atoms with Gasteiger partial charge in [-0.15, -0.1) is 0 Å².